The molecule has 0 spiro atoms. The highest BCUT2D eigenvalue weighted by Gasteiger charge is 2.36. The van der Waals surface area contributed by atoms with E-state index in [1.807, 2.05) is 0 Å². The molecule has 2 heteroatoms. The van der Waals surface area contributed by atoms with Crippen molar-refractivity contribution < 1.29 is 0 Å². The van der Waals surface area contributed by atoms with Crippen LogP contribution in [0.1, 0.15) is 20.3 Å². The van der Waals surface area contributed by atoms with E-state index in [-0.39, 0.29) is 10.2 Å². The minimum absolute atomic E-state index is 0.299. The quantitative estimate of drug-likeness (QED) is 0.488. The van der Waals surface area contributed by atoms with Crippen LogP contribution in [0, 0.1) is 5.92 Å². The van der Waals surface area contributed by atoms with Crippen LogP contribution in [0.15, 0.2) is 12.2 Å². The number of hydrogen-bond donors (Lipinski definition) is 0. The van der Waals surface area contributed by atoms with Crippen LogP contribution >= 0.6 is 10.2 Å². The van der Waals surface area contributed by atoms with Gasteiger partial charge in [-0.3, -0.25) is 4.31 Å². The predicted octanol–water partition coefficient (Wildman–Crippen LogP) is 2.88. The Morgan fingerprint density at radius 3 is 2.38 bits per heavy atom. The maximum absolute atomic E-state index is 4.06. The van der Waals surface area contributed by atoms with Crippen molar-refractivity contribution in [3.8, 4) is 0 Å². The SMILES string of the molecule is C=C(C)C(CC)CN(C)S1(C)CC1. The Morgan fingerprint density at radius 2 is 2.08 bits per heavy atom. The van der Waals surface area contributed by atoms with E-state index < -0.39 is 0 Å². The molecule has 0 aliphatic carbocycles. The van der Waals surface area contributed by atoms with Gasteiger partial charge in [-0.2, -0.15) is 10.2 Å². The average molecular weight is 201 g/mol. The van der Waals surface area contributed by atoms with Crippen LogP contribution in [-0.2, 0) is 0 Å². The van der Waals surface area contributed by atoms with Crippen LogP contribution < -0.4 is 0 Å². The Labute approximate surface area is 84.6 Å². The van der Waals surface area contributed by atoms with Gasteiger partial charge in [-0.15, -0.1) is 0 Å². The summed E-state index contributed by atoms with van der Waals surface area (Å²) in [6, 6.07) is 0. The highest BCUT2D eigenvalue weighted by molar-refractivity contribution is 8.37. The lowest BCUT2D eigenvalue weighted by Gasteiger charge is -2.31. The number of hydrogen-bond acceptors (Lipinski definition) is 1. The molecule has 78 valence electrons. The van der Waals surface area contributed by atoms with Crippen molar-refractivity contribution in [2.75, 3.05) is 31.4 Å². The topological polar surface area (TPSA) is 3.24 Å². The van der Waals surface area contributed by atoms with E-state index in [2.05, 4.69) is 38.0 Å². The van der Waals surface area contributed by atoms with Crippen molar-refractivity contribution in [2.24, 2.45) is 5.92 Å². The number of rotatable bonds is 5. The summed E-state index contributed by atoms with van der Waals surface area (Å²) in [7, 11) is 1.99. The zero-order valence-electron chi connectivity index (χ0n) is 9.47. The number of nitrogens with zero attached hydrogens (tertiary/aromatic N) is 1. The second-order valence-electron chi connectivity index (χ2n) is 4.39. The molecule has 0 radical (unpaired) electrons. The van der Waals surface area contributed by atoms with Gasteiger partial charge in [-0.05, 0) is 44.1 Å². The van der Waals surface area contributed by atoms with Crippen LogP contribution in [0.2, 0.25) is 0 Å². The van der Waals surface area contributed by atoms with Crippen LogP contribution in [0.4, 0.5) is 0 Å². The lowest BCUT2D eigenvalue weighted by molar-refractivity contribution is 0.444. The average Bonchev–Trinajstić information content (AvgIpc) is 2.79. The first-order chi connectivity index (χ1) is 5.99. The molecule has 0 aromatic heterocycles. The molecule has 13 heavy (non-hydrogen) atoms. The van der Waals surface area contributed by atoms with Crippen molar-refractivity contribution in [1.82, 2.24) is 4.31 Å². The smallest absolute Gasteiger partial charge is 0.0136 e. The summed E-state index contributed by atoms with van der Waals surface area (Å²) >= 11 is 0. The normalized spacial score (nSPS) is 24.1. The van der Waals surface area contributed by atoms with Gasteiger partial charge in [0.15, 0.2) is 0 Å². The van der Waals surface area contributed by atoms with E-state index in [1.165, 1.54) is 30.0 Å². The second-order valence-corrected chi connectivity index (χ2v) is 8.28. The Hall–Kier alpha value is 0.0500. The van der Waals surface area contributed by atoms with Crippen LogP contribution in [0.3, 0.4) is 0 Å². The molecule has 1 saturated heterocycles. The van der Waals surface area contributed by atoms with Gasteiger partial charge >= 0.3 is 0 Å². The Morgan fingerprint density at radius 1 is 1.54 bits per heavy atom. The predicted molar refractivity (Wildman–Crippen MR) is 64.5 cm³/mol. The summed E-state index contributed by atoms with van der Waals surface area (Å²) in [5.41, 5.74) is 1.35. The molecular formula is C11H23NS. The summed E-state index contributed by atoms with van der Waals surface area (Å²) in [6.07, 6.45) is 3.67. The molecule has 1 nitrogen and oxygen atoms in total. The third-order valence-electron chi connectivity index (χ3n) is 3.21. The van der Waals surface area contributed by atoms with Gasteiger partial charge in [0, 0.05) is 6.54 Å². The first-order valence-corrected chi connectivity index (χ1v) is 7.43. The molecule has 1 atom stereocenters. The van der Waals surface area contributed by atoms with Gasteiger partial charge in [-0.25, -0.2) is 0 Å². The third-order valence-corrected chi connectivity index (χ3v) is 6.46. The molecular weight excluding hydrogens is 178 g/mol. The van der Waals surface area contributed by atoms with Gasteiger partial charge in [0.2, 0.25) is 0 Å². The lowest BCUT2D eigenvalue weighted by Crippen LogP contribution is -2.24. The fourth-order valence-electron chi connectivity index (χ4n) is 1.56. The Bertz CT molecular complexity index is 196. The van der Waals surface area contributed by atoms with Gasteiger partial charge in [0.25, 0.3) is 0 Å². The molecule has 0 aromatic rings. The summed E-state index contributed by atoms with van der Waals surface area (Å²) in [5.74, 6) is 3.61. The maximum atomic E-state index is 4.06. The van der Waals surface area contributed by atoms with Crippen molar-refractivity contribution in [2.45, 2.75) is 20.3 Å². The largest absolute Gasteiger partial charge is 0.270 e. The maximum Gasteiger partial charge on any atom is 0.0136 e. The molecule has 1 aliphatic heterocycles. The molecule has 1 aliphatic rings. The van der Waals surface area contributed by atoms with E-state index in [0.717, 1.165) is 0 Å². The van der Waals surface area contributed by atoms with Crippen LogP contribution in [0.5, 0.6) is 0 Å². The standard InChI is InChI=1S/C11H23NS/c1-6-11(10(2)3)9-12(4)13(5)7-8-13/h11H,2,6-9H2,1,3-5H3. The van der Waals surface area contributed by atoms with Crippen molar-refractivity contribution in [3.05, 3.63) is 12.2 Å². The van der Waals surface area contributed by atoms with Gasteiger partial charge in [-0.1, -0.05) is 19.1 Å². The fourth-order valence-corrected chi connectivity index (χ4v) is 3.68. The molecule has 0 saturated carbocycles. The zero-order chi connectivity index (χ0) is 10.1. The highest BCUT2D eigenvalue weighted by atomic mass is 32.3. The second kappa shape index (κ2) is 4.05. The zero-order valence-corrected chi connectivity index (χ0v) is 10.3. The highest BCUT2D eigenvalue weighted by Crippen LogP contribution is 2.60. The van der Waals surface area contributed by atoms with Crippen molar-refractivity contribution in [3.63, 3.8) is 0 Å². The lowest BCUT2D eigenvalue weighted by atomic mass is 9.99. The van der Waals surface area contributed by atoms with E-state index in [0.29, 0.717) is 5.92 Å². The molecule has 0 bridgehead atoms. The Kier molecular flexibility index (Phi) is 3.47. The minimum Gasteiger partial charge on any atom is -0.270 e. The summed E-state index contributed by atoms with van der Waals surface area (Å²) in [4.78, 5) is 0. The van der Waals surface area contributed by atoms with Gasteiger partial charge in [0.05, 0.1) is 0 Å². The summed E-state index contributed by atoms with van der Waals surface area (Å²) < 4.78 is 2.59. The fraction of sp³-hybridized carbons (Fsp3) is 0.818. The Balaban J connectivity index is 2.41. The minimum atomic E-state index is -0.299. The van der Waals surface area contributed by atoms with E-state index in [9.17, 15) is 0 Å². The molecule has 1 heterocycles. The molecule has 0 aromatic carbocycles. The summed E-state index contributed by atoms with van der Waals surface area (Å²) in [5, 5.41) is 0. The van der Waals surface area contributed by atoms with Crippen LogP contribution in [0.25, 0.3) is 0 Å². The molecule has 1 fully saturated rings. The third kappa shape index (κ3) is 2.75. The van der Waals surface area contributed by atoms with Crippen LogP contribution in [-0.4, -0.2) is 35.7 Å². The van der Waals surface area contributed by atoms with E-state index >= 15 is 0 Å². The first-order valence-electron chi connectivity index (χ1n) is 5.10. The van der Waals surface area contributed by atoms with Gasteiger partial charge < -0.3 is 0 Å². The monoisotopic (exact) mass is 201 g/mol. The van der Waals surface area contributed by atoms with Crippen molar-refractivity contribution >= 4 is 10.2 Å². The molecule has 0 N–H and O–H groups in total. The van der Waals surface area contributed by atoms with E-state index in [4.69, 9.17) is 0 Å². The summed E-state index contributed by atoms with van der Waals surface area (Å²) in [6.45, 7) is 9.71. The molecule has 1 unspecified atom stereocenters. The molecule has 1 rings (SSSR count). The molecule has 0 amide bonds. The first kappa shape index (κ1) is 11.1. The van der Waals surface area contributed by atoms with E-state index in [1.54, 1.807) is 0 Å². The van der Waals surface area contributed by atoms with Crippen molar-refractivity contribution in [1.29, 1.82) is 0 Å². The van der Waals surface area contributed by atoms with Gasteiger partial charge in [0.1, 0.15) is 0 Å².